The molecule has 3 aromatic rings. The van der Waals surface area contributed by atoms with Gasteiger partial charge in [-0.05, 0) is 23.8 Å². The van der Waals surface area contributed by atoms with Gasteiger partial charge in [-0.1, -0.05) is 18.2 Å². The maximum atomic E-state index is 12.2. The Morgan fingerprint density at radius 1 is 1.16 bits per heavy atom. The van der Waals surface area contributed by atoms with Crippen LogP contribution in [0.3, 0.4) is 0 Å². The quantitative estimate of drug-likeness (QED) is 0.744. The molecule has 1 aromatic carbocycles. The van der Waals surface area contributed by atoms with Crippen LogP contribution in [0.4, 0.5) is 11.5 Å². The summed E-state index contributed by atoms with van der Waals surface area (Å²) in [4.78, 5) is 24.3. The van der Waals surface area contributed by atoms with Gasteiger partial charge in [0.1, 0.15) is 23.9 Å². The molecule has 7 nitrogen and oxygen atoms in total. The van der Waals surface area contributed by atoms with E-state index in [0.717, 1.165) is 5.56 Å². The second-order valence-electron chi connectivity index (χ2n) is 5.11. The molecule has 122 valence electrons. The molecule has 7 heteroatoms. The molecule has 25 heavy (non-hydrogen) atoms. The first-order valence-electron chi connectivity index (χ1n) is 7.51. The van der Waals surface area contributed by atoms with E-state index in [0.29, 0.717) is 23.6 Å². The molecule has 0 aliphatic rings. The average molecular weight is 330 g/mol. The third-order valence-electron chi connectivity index (χ3n) is 3.39. The smallest absolute Gasteiger partial charge is 0.270 e. The summed E-state index contributed by atoms with van der Waals surface area (Å²) in [6.07, 6.45) is 4.66. The monoisotopic (exact) mass is 330 g/mol. The van der Waals surface area contributed by atoms with E-state index in [9.17, 15) is 4.79 Å². The molecular weight excluding hydrogens is 316 g/mol. The summed E-state index contributed by atoms with van der Waals surface area (Å²) in [5.41, 5.74) is 2.23. The first-order valence-corrected chi connectivity index (χ1v) is 7.51. The zero-order valence-electron chi connectivity index (χ0n) is 13.2. The van der Waals surface area contributed by atoms with Gasteiger partial charge < -0.3 is 10.6 Å². The maximum Gasteiger partial charge on any atom is 0.270 e. The van der Waals surface area contributed by atoms with Crippen molar-refractivity contribution >= 4 is 17.4 Å². The van der Waals surface area contributed by atoms with E-state index < -0.39 is 0 Å². The number of aromatic nitrogens is 3. The largest absolute Gasteiger partial charge is 0.347 e. The number of hydrogen-bond acceptors (Lipinski definition) is 6. The third kappa shape index (κ3) is 4.14. The zero-order chi connectivity index (χ0) is 17.5. The molecular formula is C18H14N6O. The van der Waals surface area contributed by atoms with Gasteiger partial charge in [0, 0.05) is 25.0 Å². The topological polar surface area (TPSA) is 104 Å². The van der Waals surface area contributed by atoms with E-state index in [4.69, 9.17) is 5.26 Å². The van der Waals surface area contributed by atoms with Crippen LogP contribution < -0.4 is 10.6 Å². The lowest BCUT2D eigenvalue weighted by molar-refractivity contribution is 0.0945. The summed E-state index contributed by atoms with van der Waals surface area (Å²) < 4.78 is 0. The highest BCUT2D eigenvalue weighted by Crippen LogP contribution is 2.18. The van der Waals surface area contributed by atoms with Crippen molar-refractivity contribution in [2.45, 2.75) is 6.54 Å². The lowest BCUT2D eigenvalue weighted by Crippen LogP contribution is -2.24. The number of benzene rings is 1. The fourth-order valence-corrected chi connectivity index (χ4v) is 2.15. The van der Waals surface area contributed by atoms with Crippen LogP contribution in [0.25, 0.3) is 0 Å². The number of hydrogen-bond donors (Lipinski definition) is 2. The molecule has 0 fully saturated rings. The van der Waals surface area contributed by atoms with Gasteiger partial charge in [0.25, 0.3) is 5.91 Å². The molecule has 0 saturated carbocycles. The Bertz CT molecular complexity index is 920. The minimum absolute atomic E-state index is 0.232. The molecule has 0 spiro atoms. The van der Waals surface area contributed by atoms with Gasteiger partial charge in [-0.15, -0.1) is 0 Å². The van der Waals surface area contributed by atoms with Gasteiger partial charge in [-0.2, -0.15) is 5.26 Å². The summed E-state index contributed by atoms with van der Waals surface area (Å²) in [5, 5.41) is 14.9. The van der Waals surface area contributed by atoms with Crippen molar-refractivity contribution in [1.82, 2.24) is 20.3 Å². The number of para-hydroxylation sites is 1. The summed E-state index contributed by atoms with van der Waals surface area (Å²) in [7, 11) is 0. The van der Waals surface area contributed by atoms with E-state index in [1.807, 2.05) is 12.1 Å². The minimum Gasteiger partial charge on any atom is -0.347 e. The van der Waals surface area contributed by atoms with Crippen molar-refractivity contribution in [3.05, 3.63) is 78.0 Å². The lowest BCUT2D eigenvalue weighted by Gasteiger charge is -2.08. The van der Waals surface area contributed by atoms with Crippen LogP contribution >= 0.6 is 0 Å². The number of anilines is 2. The molecule has 0 bridgehead atoms. The number of carbonyl (C=O) groups is 1. The van der Waals surface area contributed by atoms with E-state index in [1.54, 1.807) is 36.7 Å². The third-order valence-corrected chi connectivity index (χ3v) is 3.39. The standard InChI is InChI=1S/C18H14N6O/c19-9-14-5-1-2-6-15(14)24-17-8-16(22-12-23-17)18(25)21-11-13-4-3-7-20-10-13/h1-8,10,12H,11H2,(H,21,25)(H,22,23,24). The van der Waals surface area contributed by atoms with Crippen LogP contribution in [0.1, 0.15) is 21.6 Å². The van der Waals surface area contributed by atoms with Crippen LogP contribution in [0.15, 0.2) is 61.2 Å². The summed E-state index contributed by atoms with van der Waals surface area (Å²) in [6.45, 7) is 0.358. The fraction of sp³-hybridized carbons (Fsp3) is 0.0556. The number of nitrogens with zero attached hydrogens (tertiary/aromatic N) is 4. The highest BCUT2D eigenvalue weighted by Gasteiger charge is 2.09. The summed E-state index contributed by atoms with van der Waals surface area (Å²) in [5.74, 6) is 0.118. The van der Waals surface area contributed by atoms with Gasteiger partial charge in [-0.25, -0.2) is 9.97 Å². The van der Waals surface area contributed by atoms with Crippen molar-refractivity contribution in [3.8, 4) is 6.07 Å². The molecule has 1 amide bonds. The average Bonchev–Trinajstić information content (AvgIpc) is 2.67. The Labute approximate surface area is 144 Å². The number of rotatable bonds is 5. The minimum atomic E-state index is -0.317. The predicted molar refractivity (Wildman–Crippen MR) is 91.9 cm³/mol. The van der Waals surface area contributed by atoms with Crippen molar-refractivity contribution in [2.24, 2.45) is 0 Å². The van der Waals surface area contributed by atoms with Gasteiger partial charge in [0.15, 0.2) is 0 Å². The lowest BCUT2D eigenvalue weighted by atomic mass is 10.2. The molecule has 0 aliphatic heterocycles. The Kier molecular flexibility index (Phi) is 4.93. The number of pyridine rings is 1. The first kappa shape index (κ1) is 16.1. The van der Waals surface area contributed by atoms with Crippen LogP contribution in [0, 0.1) is 11.3 Å². The van der Waals surface area contributed by atoms with Crippen LogP contribution in [0.2, 0.25) is 0 Å². The Hall–Kier alpha value is -3.79. The Morgan fingerprint density at radius 3 is 2.84 bits per heavy atom. The second-order valence-corrected chi connectivity index (χ2v) is 5.11. The van der Waals surface area contributed by atoms with Crippen LogP contribution in [0.5, 0.6) is 0 Å². The van der Waals surface area contributed by atoms with Gasteiger partial charge >= 0.3 is 0 Å². The van der Waals surface area contributed by atoms with E-state index >= 15 is 0 Å². The molecule has 2 aromatic heterocycles. The van der Waals surface area contributed by atoms with Crippen molar-refractivity contribution in [1.29, 1.82) is 5.26 Å². The number of nitriles is 1. The van der Waals surface area contributed by atoms with Gasteiger partial charge in [0.2, 0.25) is 0 Å². The molecule has 3 rings (SSSR count). The molecule has 0 saturated heterocycles. The molecule has 2 N–H and O–H groups in total. The molecule has 0 radical (unpaired) electrons. The fourth-order valence-electron chi connectivity index (χ4n) is 2.15. The molecule has 2 heterocycles. The first-order chi connectivity index (χ1) is 12.3. The predicted octanol–water partition coefficient (Wildman–Crippen LogP) is 2.42. The SMILES string of the molecule is N#Cc1ccccc1Nc1cc(C(=O)NCc2cccnc2)ncn1. The van der Waals surface area contributed by atoms with Crippen molar-refractivity contribution in [3.63, 3.8) is 0 Å². The molecule has 0 atom stereocenters. The molecule has 0 aliphatic carbocycles. The van der Waals surface area contributed by atoms with E-state index in [1.165, 1.54) is 12.4 Å². The van der Waals surface area contributed by atoms with Crippen molar-refractivity contribution < 1.29 is 4.79 Å². The molecule has 0 unspecified atom stereocenters. The Balaban J connectivity index is 1.71. The second kappa shape index (κ2) is 7.66. The zero-order valence-corrected chi connectivity index (χ0v) is 13.2. The Morgan fingerprint density at radius 2 is 2.04 bits per heavy atom. The highest BCUT2D eigenvalue weighted by molar-refractivity contribution is 5.93. The van der Waals surface area contributed by atoms with Crippen LogP contribution in [-0.4, -0.2) is 20.9 Å². The van der Waals surface area contributed by atoms with Gasteiger partial charge in [0.05, 0.1) is 11.3 Å². The highest BCUT2D eigenvalue weighted by atomic mass is 16.1. The summed E-state index contributed by atoms with van der Waals surface area (Å²) in [6, 6.07) is 14.4. The number of nitrogens with one attached hydrogen (secondary N) is 2. The normalized spacial score (nSPS) is 9.88. The van der Waals surface area contributed by atoms with Gasteiger partial charge in [-0.3, -0.25) is 9.78 Å². The van der Waals surface area contributed by atoms with E-state index in [2.05, 4.69) is 31.7 Å². The van der Waals surface area contributed by atoms with Crippen molar-refractivity contribution in [2.75, 3.05) is 5.32 Å². The number of carbonyl (C=O) groups excluding carboxylic acids is 1. The number of amides is 1. The summed E-state index contributed by atoms with van der Waals surface area (Å²) >= 11 is 0. The maximum absolute atomic E-state index is 12.2. The van der Waals surface area contributed by atoms with E-state index in [-0.39, 0.29) is 11.6 Å². The van der Waals surface area contributed by atoms with Crippen LogP contribution in [-0.2, 0) is 6.54 Å².